The molecule has 140 valence electrons. The number of benzene rings is 1. The van der Waals surface area contributed by atoms with Gasteiger partial charge in [0.05, 0.1) is 6.67 Å². The summed E-state index contributed by atoms with van der Waals surface area (Å²) in [4.78, 5) is 14.2. The number of halogens is 1. The van der Waals surface area contributed by atoms with Gasteiger partial charge >= 0.3 is 6.09 Å². The summed E-state index contributed by atoms with van der Waals surface area (Å²) < 4.78 is 17.9. The number of nitrogens with zero attached hydrogens (tertiary/aromatic N) is 1. The van der Waals surface area contributed by atoms with Gasteiger partial charge < -0.3 is 15.0 Å². The second kappa shape index (κ2) is 9.18. The van der Waals surface area contributed by atoms with Crippen LogP contribution in [-0.2, 0) is 11.2 Å². The van der Waals surface area contributed by atoms with Crippen molar-refractivity contribution in [1.82, 2.24) is 10.2 Å². The van der Waals surface area contributed by atoms with Gasteiger partial charge in [-0.2, -0.15) is 0 Å². The fraction of sp³-hybridized carbons (Fsp3) is 0.650. The second-order valence-electron chi connectivity index (χ2n) is 7.77. The van der Waals surface area contributed by atoms with Gasteiger partial charge in [0.25, 0.3) is 0 Å². The number of amides is 1. The smallest absolute Gasteiger partial charge is 0.410 e. The van der Waals surface area contributed by atoms with Gasteiger partial charge in [-0.1, -0.05) is 30.3 Å². The van der Waals surface area contributed by atoms with E-state index in [-0.39, 0.29) is 12.8 Å². The summed E-state index contributed by atoms with van der Waals surface area (Å²) in [7, 11) is 0. The van der Waals surface area contributed by atoms with Crippen LogP contribution in [0.25, 0.3) is 0 Å². The molecule has 0 saturated carbocycles. The third-order valence-electron chi connectivity index (χ3n) is 4.44. The van der Waals surface area contributed by atoms with Gasteiger partial charge in [0.15, 0.2) is 0 Å². The van der Waals surface area contributed by atoms with Gasteiger partial charge in [0.1, 0.15) is 5.60 Å². The Morgan fingerprint density at radius 2 is 2.04 bits per heavy atom. The maximum Gasteiger partial charge on any atom is 0.410 e. The molecule has 2 atom stereocenters. The number of piperidine rings is 1. The average molecular weight is 350 g/mol. The van der Waals surface area contributed by atoms with Gasteiger partial charge in [-0.15, -0.1) is 0 Å². The number of carbonyl (C=O) groups excluding carboxylic acids is 1. The molecule has 0 radical (unpaired) electrons. The van der Waals surface area contributed by atoms with Crippen molar-refractivity contribution in [1.29, 1.82) is 0 Å². The van der Waals surface area contributed by atoms with E-state index in [0.717, 1.165) is 12.8 Å². The number of hydrogen-bond acceptors (Lipinski definition) is 3. The van der Waals surface area contributed by atoms with Crippen LogP contribution in [0.15, 0.2) is 30.3 Å². The highest BCUT2D eigenvalue weighted by molar-refractivity contribution is 5.68. The SMILES string of the molecule is CC(C)(C)OC(=O)N1CCC(NCCCF)C(Cc2ccccc2)C1. The molecular formula is C20H31FN2O2. The molecular weight excluding hydrogens is 319 g/mol. The van der Waals surface area contributed by atoms with Gasteiger partial charge in [-0.3, -0.25) is 4.39 Å². The standard InChI is InChI=1S/C20H31FN2O2/c1-20(2,3)25-19(24)23-13-10-18(22-12-7-11-21)17(15-23)14-16-8-5-4-6-9-16/h4-6,8-9,17-18,22H,7,10-15H2,1-3H3. The Labute approximate surface area is 150 Å². The van der Waals surface area contributed by atoms with Crippen LogP contribution >= 0.6 is 0 Å². The normalized spacial score (nSPS) is 21.2. The number of nitrogens with one attached hydrogen (secondary N) is 1. The first kappa shape index (κ1) is 19.7. The first-order valence-corrected chi connectivity index (χ1v) is 9.20. The quantitative estimate of drug-likeness (QED) is 0.794. The van der Waals surface area contributed by atoms with Crippen molar-refractivity contribution in [3.63, 3.8) is 0 Å². The fourth-order valence-corrected chi connectivity index (χ4v) is 3.27. The molecule has 0 aromatic heterocycles. The lowest BCUT2D eigenvalue weighted by atomic mass is 9.86. The van der Waals surface area contributed by atoms with Crippen LogP contribution in [0.2, 0.25) is 0 Å². The summed E-state index contributed by atoms with van der Waals surface area (Å²) in [6, 6.07) is 10.6. The van der Waals surface area contributed by atoms with E-state index in [1.807, 2.05) is 43.9 Å². The number of rotatable bonds is 6. The minimum atomic E-state index is -0.484. The van der Waals surface area contributed by atoms with Crippen LogP contribution in [0.4, 0.5) is 9.18 Å². The minimum Gasteiger partial charge on any atom is -0.444 e. The number of alkyl halides is 1. The largest absolute Gasteiger partial charge is 0.444 e. The Morgan fingerprint density at radius 1 is 1.32 bits per heavy atom. The number of ether oxygens (including phenoxy) is 1. The van der Waals surface area contributed by atoms with Crippen LogP contribution in [0, 0.1) is 5.92 Å². The lowest BCUT2D eigenvalue weighted by molar-refractivity contribution is 0.0132. The Hall–Kier alpha value is -1.62. The van der Waals surface area contributed by atoms with E-state index < -0.39 is 5.60 Å². The molecule has 1 fully saturated rings. The van der Waals surface area contributed by atoms with Crippen molar-refractivity contribution in [3.8, 4) is 0 Å². The molecule has 2 rings (SSSR count). The molecule has 1 amide bonds. The monoisotopic (exact) mass is 350 g/mol. The molecule has 1 aliphatic rings. The molecule has 25 heavy (non-hydrogen) atoms. The number of carbonyl (C=O) groups is 1. The first-order valence-electron chi connectivity index (χ1n) is 9.20. The topological polar surface area (TPSA) is 41.6 Å². The van der Waals surface area contributed by atoms with Crippen LogP contribution in [0.5, 0.6) is 0 Å². The minimum absolute atomic E-state index is 0.243. The van der Waals surface area contributed by atoms with Crippen molar-refractivity contribution in [2.24, 2.45) is 5.92 Å². The molecule has 0 spiro atoms. The zero-order valence-electron chi connectivity index (χ0n) is 15.6. The Bertz CT molecular complexity index is 530. The summed E-state index contributed by atoms with van der Waals surface area (Å²) in [5, 5.41) is 3.48. The van der Waals surface area contributed by atoms with Gasteiger partial charge in [0, 0.05) is 19.1 Å². The molecule has 0 bridgehead atoms. The summed E-state index contributed by atoms with van der Waals surface area (Å²) in [6.07, 6.45) is 2.05. The van der Waals surface area contributed by atoms with Crippen molar-refractivity contribution in [3.05, 3.63) is 35.9 Å². The van der Waals surface area contributed by atoms with E-state index >= 15 is 0 Å². The van der Waals surface area contributed by atoms with Gasteiger partial charge in [-0.25, -0.2) is 4.79 Å². The highest BCUT2D eigenvalue weighted by Crippen LogP contribution is 2.23. The molecule has 1 aliphatic heterocycles. The highest BCUT2D eigenvalue weighted by Gasteiger charge is 2.33. The molecule has 1 aromatic carbocycles. The van der Waals surface area contributed by atoms with Crippen molar-refractivity contribution >= 4 is 6.09 Å². The van der Waals surface area contributed by atoms with E-state index in [1.54, 1.807) is 0 Å². The van der Waals surface area contributed by atoms with E-state index in [0.29, 0.717) is 38.0 Å². The second-order valence-corrected chi connectivity index (χ2v) is 7.77. The zero-order valence-corrected chi connectivity index (χ0v) is 15.6. The Morgan fingerprint density at radius 3 is 2.68 bits per heavy atom. The van der Waals surface area contributed by atoms with E-state index in [9.17, 15) is 9.18 Å². The Balaban J connectivity index is 2.02. The zero-order chi connectivity index (χ0) is 18.3. The first-order chi connectivity index (χ1) is 11.9. The molecule has 1 N–H and O–H groups in total. The predicted molar refractivity (Wildman–Crippen MR) is 98.4 cm³/mol. The average Bonchev–Trinajstić information content (AvgIpc) is 2.55. The lowest BCUT2D eigenvalue weighted by Gasteiger charge is -2.39. The van der Waals surface area contributed by atoms with E-state index in [4.69, 9.17) is 4.74 Å². The third-order valence-corrected chi connectivity index (χ3v) is 4.44. The fourth-order valence-electron chi connectivity index (χ4n) is 3.27. The molecule has 1 saturated heterocycles. The van der Waals surface area contributed by atoms with Gasteiger partial charge in [0.2, 0.25) is 0 Å². The summed E-state index contributed by atoms with van der Waals surface area (Å²) in [6.45, 7) is 7.38. The van der Waals surface area contributed by atoms with Crippen LogP contribution in [0.3, 0.4) is 0 Å². The molecule has 0 aliphatic carbocycles. The number of likely N-dealkylation sites (tertiary alicyclic amines) is 1. The van der Waals surface area contributed by atoms with E-state index in [2.05, 4.69) is 17.4 Å². The molecule has 5 heteroatoms. The molecule has 1 heterocycles. The van der Waals surface area contributed by atoms with Crippen molar-refractivity contribution in [2.45, 2.75) is 51.7 Å². The molecule has 2 unspecified atom stereocenters. The highest BCUT2D eigenvalue weighted by atomic mass is 19.1. The van der Waals surface area contributed by atoms with Gasteiger partial charge in [-0.05, 0) is 58.1 Å². The Kier molecular flexibility index (Phi) is 7.24. The van der Waals surface area contributed by atoms with Crippen molar-refractivity contribution < 1.29 is 13.9 Å². The maximum absolute atomic E-state index is 12.4. The number of hydrogen-bond donors (Lipinski definition) is 1. The maximum atomic E-state index is 12.4. The summed E-state index contributed by atoms with van der Waals surface area (Å²) in [5.41, 5.74) is 0.776. The summed E-state index contributed by atoms with van der Waals surface area (Å²) >= 11 is 0. The summed E-state index contributed by atoms with van der Waals surface area (Å²) in [5.74, 6) is 0.295. The van der Waals surface area contributed by atoms with Crippen LogP contribution < -0.4 is 5.32 Å². The van der Waals surface area contributed by atoms with Crippen LogP contribution in [-0.4, -0.2) is 48.9 Å². The third kappa shape index (κ3) is 6.65. The van der Waals surface area contributed by atoms with E-state index in [1.165, 1.54) is 5.56 Å². The molecule has 1 aromatic rings. The van der Waals surface area contributed by atoms with Crippen LogP contribution in [0.1, 0.15) is 39.2 Å². The molecule has 4 nitrogen and oxygen atoms in total. The lowest BCUT2D eigenvalue weighted by Crippen LogP contribution is -2.52. The van der Waals surface area contributed by atoms with Crippen molar-refractivity contribution in [2.75, 3.05) is 26.3 Å². The predicted octanol–water partition coefficient (Wildman–Crippen LogP) is 3.80.